The Labute approximate surface area is 144 Å². The number of carbonyl (C=O) groups excluding carboxylic acids is 1. The van der Waals surface area contributed by atoms with Gasteiger partial charge in [0.1, 0.15) is 5.82 Å². The summed E-state index contributed by atoms with van der Waals surface area (Å²) in [5, 5.41) is -0.705. The third-order valence-corrected chi connectivity index (χ3v) is 5.94. The largest absolute Gasteiger partial charge is 0.368 e. The van der Waals surface area contributed by atoms with E-state index < -0.39 is 21.1 Å². The van der Waals surface area contributed by atoms with Crippen molar-refractivity contribution >= 4 is 32.8 Å². The van der Waals surface area contributed by atoms with Gasteiger partial charge in [-0.25, -0.2) is 21.8 Å². The molecule has 0 amide bonds. The molecular weight excluding hydrogens is 345 g/mol. The molecule has 6 nitrogen and oxygen atoms in total. The number of benzene rings is 2. The number of hydrogen-bond acceptors (Lipinski definition) is 5. The van der Waals surface area contributed by atoms with E-state index in [4.69, 9.17) is 5.73 Å². The van der Waals surface area contributed by atoms with E-state index in [1.165, 1.54) is 56.3 Å². The van der Waals surface area contributed by atoms with Crippen LogP contribution in [-0.4, -0.2) is 28.4 Å². The van der Waals surface area contributed by atoms with E-state index in [1.807, 2.05) is 0 Å². The zero-order chi connectivity index (χ0) is 18.4. The lowest BCUT2D eigenvalue weighted by Gasteiger charge is -2.11. The van der Waals surface area contributed by atoms with Crippen LogP contribution < -0.4 is 5.73 Å². The molecule has 3 aromatic rings. The SMILES string of the molecule is CC(C)S(=O)(=O)n1c(N)nc2ccc(C(=O)c3ccc(F)cc3)cc21. The van der Waals surface area contributed by atoms with Crippen LogP contribution in [0.25, 0.3) is 11.0 Å². The van der Waals surface area contributed by atoms with E-state index in [0.29, 0.717) is 11.1 Å². The highest BCUT2D eigenvalue weighted by atomic mass is 32.2. The average molecular weight is 361 g/mol. The number of imidazole rings is 1. The van der Waals surface area contributed by atoms with Gasteiger partial charge in [-0.05, 0) is 56.3 Å². The Kier molecular flexibility index (Phi) is 4.08. The summed E-state index contributed by atoms with van der Waals surface area (Å²) < 4.78 is 39.0. The number of nitrogens with zero attached hydrogens (tertiary/aromatic N) is 2. The standard InChI is InChI=1S/C17H16FN3O3S/c1-10(2)25(23,24)21-15-9-12(5-8-14(15)20-17(21)19)16(22)11-3-6-13(18)7-4-11/h3-10H,1-2H3,(H2,19,20). The van der Waals surface area contributed by atoms with Crippen molar-refractivity contribution in [3.8, 4) is 0 Å². The van der Waals surface area contributed by atoms with Crippen molar-refractivity contribution in [1.82, 2.24) is 8.96 Å². The smallest absolute Gasteiger partial charge is 0.244 e. The molecule has 0 saturated heterocycles. The fourth-order valence-corrected chi connectivity index (χ4v) is 3.60. The van der Waals surface area contributed by atoms with Crippen LogP contribution in [0.4, 0.5) is 10.3 Å². The molecule has 0 unspecified atom stereocenters. The van der Waals surface area contributed by atoms with Gasteiger partial charge in [0.05, 0.1) is 16.3 Å². The predicted molar refractivity (Wildman–Crippen MR) is 93.4 cm³/mol. The molecule has 130 valence electrons. The number of nitrogens with two attached hydrogens (primary N) is 1. The monoisotopic (exact) mass is 361 g/mol. The van der Waals surface area contributed by atoms with Gasteiger partial charge in [-0.1, -0.05) is 0 Å². The molecule has 0 aliphatic rings. The molecule has 0 aliphatic heterocycles. The van der Waals surface area contributed by atoms with Crippen LogP contribution in [0.5, 0.6) is 0 Å². The maximum absolute atomic E-state index is 13.0. The molecule has 1 heterocycles. The summed E-state index contributed by atoms with van der Waals surface area (Å²) in [7, 11) is -3.74. The lowest BCUT2D eigenvalue weighted by Crippen LogP contribution is -2.23. The summed E-state index contributed by atoms with van der Waals surface area (Å²) in [5.74, 6) is -0.953. The Hall–Kier alpha value is -2.74. The summed E-state index contributed by atoms with van der Waals surface area (Å²) in [4.78, 5) is 16.6. The number of nitrogen functional groups attached to an aromatic ring is 1. The third kappa shape index (κ3) is 2.89. The normalized spacial score (nSPS) is 12.0. The lowest BCUT2D eigenvalue weighted by molar-refractivity contribution is 0.103. The number of halogens is 1. The van der Waals surface area contributed by atoms with Gasteiger partial charge in [0, 0.05) is 11.1 Å². The predicted octanol–water partition coefficient (Wildman–Crippen LogP) is 2.57. The molecule has 2 aromatic carbocycles. The number of rotatable bonds is 4. The Morgan fingerprint density at radius 2 is 1.72 bits per heavy atom. The van der Waals surface area contributed by atoms with Crippen LogP contribution in [0.2, 0.25) is 0 Å². The zero-order valence-corrected chi connectivity index (χ0v) is 14.4. The van der Waals surface area contributed by atoms with E-state index in [9.17, 15) is 17.6 Å². The lowest BCUT2D eigenvalue weighted by atomic mass is 10.0. The molecule has 2 N–H and O–H groups in total. The molecule has 0 spiro atoms. The van der Waals surface area contributed by atoms with Crippen LogP contribution in [0.3, 0.4) is 0 Å². The molecule has 3 rings (SSSR count). The molecule has 8 heteroatoms. The molecule has 0 saturated carbocycles. The highest BCUT2D eigenvalue weighted by molar-refractivity contribution is 7.90. The van der Waals surface area contributed by atoms with Crippen molar-refractivity contribution in [3.05, 3.63) is 59.4 Å². The van der Waals surface area contributed by atoms with Gasteiger partial charge >= 0.3 is 0 Å². The van der Waals surface area contributed by atoms with Crippen molar-refractivity contribution in [2.24, 2.45) is 0 Å². The number of ketones is 1. The first-order valence-electron chi connectivity index (χ1n) is 7.54. The molecule has 0 aliphatic carbocycles. The first kappa shape index (κ1) is 17.1. The van der Waals surface area contributed by atoms with Gasteiger partial charge in [-0.2, -0.15) is 0 Å². The highest BCUT2D eigenvalue weighted by Gasteiger charge is 2.25. The molecular formula is C17H16FN3O3S. The third-order valence-electron chi connectivity index (χ3n) is 3.86. The van der Waals surface area contributed by atoms with E-state index >= 15 is 0 Å². The summed E-state index contributed by atoms with van der Waals surface area (Å²) in [6.45, 7) is 3.07. The fourth-order valence-electron chi connectivity index (χ4n) is 2.46. The summed E-state index contributed by atoms with van der Waals surface area (Å²) in [6.07, 6.45) is 0. The maximum atomic E-state index is 13.0. The van der Waals surface area contributed by atoms with Crippen LogP contribution >= 0.6 is 0 Å². The molecule has 0 radical (unpaired) electrons. The fraction of sp³-hybridized carbons (Fsp3) is 0.176. The van der Waals surface area contributed by atoms with Crippen molar-refractivity contribution in [3.63, 3.8) is 0 Å². The first-order chi connectivity index (χ1) is 11.7. The second kappa shape index (κ2) is 5.96. The van der Waals surface area contributed by atoms with Gasteiger partial charge in [0.25, 0.3) is 0 Å². The van der Waals surface area contributed by atoms with E-state index in [1.54, 1.807) is 0 Å². The van der Waals surface area contributed by atoms with E-state index in [0.717, 1.165) is 3.97 Å². The van der Waals surface area contributed by atoms with Gasteiger partial charge in [0.15, 0.2) is 5.78 Å². The van der Waals surface area contributed by atoms with E-state index in [-0.39, 0.29) is 22.8 Å². The van der Waals surface area contributed by atoms with Gasteiger partial charge in [-0.3, -0.25) is 4.79 Å². The van der Waals surface area contributed by atoms with Gasteiger partial charge in [0.2, 0.25) is 16.0 Å². The minimum atomic E-state index is -3.74. The topological polar surface area (TPSA) is 95.1 Å². The minimum Gasteiger partial charge on any atom is -0.368 e. The molecule has 0 bridgehead atoms. The van der Waals surface area contributed by atoms with Crippen molar-refractivity contribution < 1.29 is 17.6 Å². The van der Waals surface area contributed by atoms with Crippen LogP contribution in [0, 0.1) is 5.82 Å². The number of carbonyl (C=O) groups is 1. The summed E-state index contributed by atoms with van der Waals surface area (Å²) >= 11 is 0. The first-order valence-corrected chi connectivity index (χ1v) is 9.05. The molecule has 1 aromatic heterocycles. The summed E-state index contributed by atoms with van der Waals surface area (Å²) in [6, 6.07) is 9.64. The molecule has 0 fully saturated rings. The van der Waals surface area contributed by atoms with Crippen LogP contribution in [0.1, 0.15) is 29.8 Å². The number of anilines is 1. The minimum absolute atomic E-state index is 0.157. The summed E-state index contributed by atoms with van der Waals surface area (Å²) in [5.41, 5.74) is 6.95. The number of hydrogen-bond donors (Lipinski definition) is 1. The van der Waals surface area contributed by atoms with Crippen molar-refractivity contribution in [2.45, 2.75) is 19.1 Å². The maximum Gasteiger partial charge on any atom is 0.244 e. The Balaban J connectivity index is 2.17. The highest BCUT2D eigenvalue weighted by Crippen LogP contribution is 2.24. The Morgan fingerprint density at radius 3 is 2.32 bits per heavy atom. The second-order valence-electron chi connectivity index (χ2n) is 5.87. The van der Waals surface area contributed by atoms with Crippen LogP contribution in [0.15, 0.2) is 42.5 Å². The van der Waals surface area contributed by atoms with Crippen molar-refractivity contribution in [1.29, 1.82) is 0 Å². The van der Waals surface area contributed by atoms with Crippen molar-refractivity contribution in [2.75, 3.05) is 5.73 Å². The Morgan fingerprint density at radius 1 is 1.12 bits per heavy atom. The zero-order valence-electron chi connectivity index (χ0n) is 13.6. The Bertz CT molecular complexity index is 1070. The van der Waals surface area contributed by atoms with Gasteiger partial charge in [-0.15, -0.1) is 0 Å². The number of fused-ring (bicyclic) bond motifs is 1. The second-order valence-corrected chi connectivity index (χ2v) is 8.21. The van der Waals surface area contributed by atoms with E-state index in [2.05, 4.69) is 4.98 Å². The average Bonchev–Trinajstić information content (AvgIpc) is 2.90. The van der Waals surface area contributed by atoms with Crippen LogP contribution in [-0.2, 0) is 10.0 Å². The quantitative estimate of drug-likeness (QED) is 0.721. The molecule has 0 atom stereocenters. The van der Waals surface area contributed by atoms with Gasteiger partial charge < -0.3 is 5.73 Å². The number of aromatic nitrogens is 2. The molecule has 25 heavy (non-hydrogen) atoms.